The van der Waals surface area contributed by atoms with Crippen molar-refractivity contribution in [2.75, 3.05) is 27.9 Å². The van der Waals surface area contributed by atoms with Crippen LogP contribution < -0.4 is 5.32 Å². The number of hydrogen-bond acceptors (Lipinski definition) is 6. The molecule has 0 bridgehead atoms. The fourth-order valence-corrected chi connectivity index (χ4v) is 2.72. The predicted molar refractivity (Wildman–Crippen MR) is 109 cm³/mol. The summed E-state index contributed by atoms with van der Waals surface area (Å²) in [7, 11) is 4.32. The zero-order valence-electron chi connectivity index (χ0n) is 16.2. The van der Waals surface area contributed by atoms with E-state index in [1.165, 1.54) is 33.4 Å². The first-order valence-corrected chi connectivity index (χ1v) is 8.94. The molecule has 0 radical (unpaired) electrons. The molecule has 0 aliphatic rings. The maximum atomic E-state index is 13.5. The van der Waals surface area contributed by atoms with Gasteiger partial charge < -0.3 is 19.7 Å². The number of methoxy groups -OCH3 is 1. The monoisotopic (exact) mass is 421 g/mol. The molecule has 0 atom stereocenters. The highest BCUT2D eigenvalue weighted by Gasteiger charge is 2.20. The summed E-state index contributed by atoms with van der Waals surface area (Å²) < 4.78 is 18.6. The van der Waals surface area contributed by atoms with Crippen molar-refractivity contribution in [2.45, 2.75) is 6.61 Å². The lowest BCUT2D eigenvalue weighted by Crippen LogP contribution is -2.29. The van der Waals surface area contributed by atoms with Gasteiger partial charge in [0.05, 0.1) is 6.61 Å². The van der Waals surface area contributed by atoms with Crippen LogP contribution in [0.2, 0.25) is 5.02 Å². The maximum Gasteiger partial charge on any atom is 0.273 e. The number of nitrogens with one attached hydrogen (secondary N) is 1. The Balaban J connectivity index is 2.33. The molecule has 154 valence electrons. The minimum atomic E-state index is -0.446. The molecule has 0 aliphatic carbocycles. The van der Waals surface area contributed by atoms with Gasteiger partial charge in [-0.2, -0.15) is 0 Å². The predicted octanol–water partition coefficient (Wildman–Crippen LogP) is 3.14. The van der Waals surface area contributed by atoms with Gasteiger partial charge in [-0.25, -0.2) is 4.39 Å². The standard InChI is InChI=1S/C20H21ClFN3O4/c1-23-20(26)19(25-28-3)15-8-5-9-17(21)16(15)11-29-24-18(12-27-2)13-6-4-7-14(22)10-13/h4-10H,11-12H2,1-3H3,(H,23,26)/b24-18+,25-19+. The first kappa shape index (κ1) is 22.3. The quantitative estimate of drug-likeness (QED) is 0.498. The summed E-state index contributed by atoms with van der Waals surface area (Å²) in [5.74, 6) is -0.843. The molecule has 2 aromatic carbocycles. The molecule has 0 saturated heterocycles. The first-order chi connectivity index (χ1) is 14.0. The lowest BCUT2D eigenvalue weighted by molar-refractivity contribution is -0.114. The highest BCUT2D eigenvalue weighted by molar-refractivity contribution is 6.46. The molecule has 0 aromatic heterocycles. The van der Waals surface area contributed by atoms with E-state index in [2.05, 4.69) is 15.6 Å². The molecular weight excluding hydrogens is 401 g/mol. The fourth-order valence-electron chi connectivity index (χ4n) is 2.49. The Morgan fingerprint density at radius 3 is 2.59 bits per heavy atom. The van der Waals surface area contributed by atoms with Gasteiger partial charge in [0.1, 0.15) is 25.2 Å². The van der Waals surface area contributed by atoms with Crippen LogP contribution in [-0.4, -0.2) is 45.2 Å². The molecule has 0 unspecified atom stereocenters. The lowest BCUT2D eigenvalue weighted by atomic mass is 10.0. The highest BCUT2D eigenvalue weighted by Crippen LogP contribution is 2.22. The van der Waals surface area contributed by atoms with Crippen LogP contribution in [0.3, 0.4) is 0 Å². The van der Waals surface area contributed by atoms with E-state index in [0.29, 0.717) is 27.4 Å². The smallest absolute Gasteiger partial charge is 0.273 e. The minimum absolute atomic E-state index is 0.0438. The van der Waals surface area contributed by atoms with Gasteiger partial charge in [0, 0.05) is 35.9 Å². The molecule has 1 N–H and O–H groups in total. The van der Waals surface area contributed by atoms with E-state index in [4.69, 9.17) is 26.0 Å². The lowest BCUT2D eigenvalue weighted by Gasteiger charge is -2.12. The molecule has 0 fully saturated rings. The van der Waals surface area contributed by atoms with Crippen molar-refractivity contribution < 1.29 is 23.6 Å². The van der Waals surface area contributed by atoms with Crippen LogP contribution in [-0.2, 0) is 25.8 Å². The van der Waals surface area contributed by atoms with E-state index >= 15 is 0 Å². The summed E-state index contributed by atoms with van der Waals surface area (Å²) in [6.07, 6.45) is 0. The Labute approximate surface area is 173 Å². The number of oxime groups is 2. The topological polar surface area (TPSA) is 81.5 Å². The van der Waals surface area contributed by atoms with Gasteiger partial charge in [-0.05, 0) is 18.2 Å². The Morgan fingerprint density at radius 1 is 1.17 bits per heavy atom. The first-order valence-electron chi connectivity index (χ1n) is 8.56. The van der Waals surface area contributed by atoms with Crippen LogP contribution in [0, 0.1) is 5.82 Å². The third kappa shape index (κ3) is 6.00. The Morgan fingerprint density at radius 2 is 1.93 bits per heavy atom. The third-order valence-electron chi connectivity index (χ3n) is 3.82. The molecule has 9 heteroatoms. The molecule has 0 saturated carbocycles. The molecule has 7 nitrogen and oxygen atoms in total. The van der Waals surface area contributed by atoms with Crippen molar-refractivity contribution >= 4 is 28.9 Å². The summed E-state index contributed by atoms with van der Waals surface area (Å²) >= 11 is 6.31. The molecule has 2 aromatic rings. The number of likely N-dealkylation sites (N-methyl/N-ethyl adjacent to an activating group) is 1. The summed E-state index contributed by atoms with van der Waals surface area (Å²) in [4.78, 5) is 22.4. The number of carbonyl (C=O) groups is 1. The van der Waals surface area contributed by atoms with Crippen LogP contribution in [0.15, 0.2) is 52.8 Å². The van der Waals surface area contributed by atoms with Crippen molar-refractivity contribution in [2.24, 2.45) is 10.3 Å². The third-order valence-corrected chi connectivity index (χ3v) is 4.18. The second-order valence-electron chi connectivity index (χ2n) is 5.72. The number of carbonyl (C=O) groups excluding carboxylic acids is 1. The van der Waals surface area contributed by atoms with Gasteiger partial charge >= 0.3 is 0 Å². The summed E-state index contributed by atoms with van der Waals surface area (Å²) in [6, 6.07) is 10.9. The summed E-state index contributed by atoms with van der Waals surface area (Å²) in [5.41, 5.74) is 1.90. The van der Waals surface area contributed by atoms with Gasteiger partial charge in [-0.15, -0.1) is 0 Å². The molecule has 0 heterocycles. The summed E-state index contributed by atoms with van der Waals surface area (Å²) in [5, 5.41) is 10.7. The highest BCUT2D eigenvalue weighted by atomic mass is 35.5. The van der Waals surface area contributed by atoms with Crippen molar-refractivity contribution in [3.8, 4) is 0 Å². The Hall–Kier alpha value is -2.97. The second-order valence-corrected chi connectivity index (χ2v) is 6.13. The van der Waals surface area contributed by atoms with Crippen LogP contribution in [0.25, 0.3) is 0 Å². The number of amides is 1. The maximum absolute atomic E-state index is 13.5. The largest absolute Gasteiger partial charge is 0.398 e. The zero-order valence-corrected chi connectivity index (χ0v) is 17.0. The number of benzene rings is 2. The van der Waals surface area contributed by atoms with Crippen LogP contribution in [0.5, 0.6) is 0 Å². The number of nitrogens with zero attached hydrogens (tertiary/aromatic N) is 2. The van der Waals surface area contributed by atoms with Crippen molar-refractivity contribution in [3.63, 3.8) is 0 Å². The van der Waals surface area contributed by atoms with Crippen LogP contribution in [0.1, 0.15) is 16.7 Å². The van der Waals surface area contributed by atoms with Gasteiger partial charge in [0.15, 0.2) is 5.71 Å². The van der Waals surface area contributed by atoms with Gasteiger partial charge in [0.2, 0.25) is 0 Å². The van der Waals surface area contributed by atoms with Crippen molar-refractivity contribution in [1.82, 2.24) is 5.32 Å². The van der Waals surface area contributed by atoms with Crippen molar-refractivity contribution in [3.05, 3.63) is 70.0 Å². The van der Waals surface area contributed by atoms with E-state index in [0.717, 1.165) is 0 Å². The van der Waals surface area contributed by atoms with Gasteiger partial charge in [-0.1, -0.05) is 46.2 Å². The van der Waals surface area contributed by atoms with E-state index in [9.17, 15) is 9.18 Å². The molecule has 0 spiro atoms. The minimum Gasteiger partial charge on any atom is -0.398 e. The molecule has 2 rings (SSSR count). The van der Waals surface area contributed by atoms with E-state index in [1.54, 1.807) is 30.3 Å². The molecular formula is C20H21ClFN3O4. The van der Waals surface area contributed by atoms with Crippen LogP contribution in [0.4, 0.5) is 4.39 Å². The molecule has 0 aliphatic heterocycles. The van der Waals surface area contributed by atoms with Gasteiger partial charge in [-0.3, -0.25) is 4.79 Å². The number of ether oxygens (including phenoxy) is 1. The number of halogens is 2. The number of hydrogen-bond donors (Lipinski definition) is 1. The van der Waals surface area contributed by atoms with Crippen molar-refractivity contribution in [1.29, 1.82) is 0 Å². The Kier molecular flexibility index (Phi) is 8.57. The summed E-state index contributed by atoms with van der Waals surface area (Å²) in [6.45, 7) is 0.0602. The fraction of sp³-hybridized carbons (Fsp3) is 0.250. The molecule has 1 amide bonds. The molecule has 29 heavy (non-hydrogen) atoms. The van der Waals surface area contributed by atoms with E-state index < -0.39 is 11.7 Å². The Bertz CT molecular complexity index is 918. The SMILES string of the molecule is CNC(=O)/C(=N/OC)c1cccc(Cl)c1CO/N=C(\COC)c1cccc(F)c1. The number of rotatable bonds is 9. The zero-order chi connectivity index (χ0) is 21.2. The normalized spacial score (nSPS) is 11.9. The van der Waals surface area contributed by atoms with Gasteiger partial charge in [0.25, 0.3) is 5.91 Å². The van der Waals surface area contributed by atoms with Crippen LogP contribution >= 0.6 is 11.6 Å². The average Bonchev–Trinajstić information content (AvgIpc) is 2.72. The van der Waals surface area contributed by atoms with E-state index in [1.807, 2.05) is 0 Å². The second kappa shape index (κ2) is 11.1. The average molecular weight is 422 g/mol. The van der Waals surface area contributed by atoms with E-state index in [-0.39, 0.29) is 18.9 Å².